The van der Waals surface area contributed by atoms with E-state index in [1.54, 1.807) is 0 Å². The van der Waals surface area contributed by atoms with Crippen LogP contribution < -0.4 is 0 Å². The molecule has 0 aromatic carbocycles. The van der Waals surface area contributed by atoms with Crippen molar-refractivity contribution in [2.24, 2.45) is 16.7 Å². The maximum Gasteiger partial charge on any atom is 0.184 e. The van der Waals surface area contributed by atoms with Gasteiger partial charge in [-0.3, -0.25) is 4.79 Å². The van der Waals surface area contributed by atoms with Gasteiger partial charge in [0.25, 0.3) is 0 Å². The fourth-order valence-electron chi connectivity index (χ4n) is 4.36. The molecule has 2 nitrogen and oxygen atoms in total. The summed E-state index contributed by atoms with van der Waals surface area (Å²) in [6.07, 6.45) is 4.33. The Morgan fingerprint density at radius 3 is 2.39 bits per heavy atom. The van der Waals surface area contributed by atoms with E-state index in [-0.39, 0.29) is 22.9 Å². The van der Waals surface area contributed by atoms with Gasteiger partial charge in [0.1, 0.15) is 5.78 Å². The molecule has 0 saturated heterocycles. The van der Waals surface area contributed by atoms with Gasteiger partial charge < -0.3 is 4.43 Å². The molecule has 0 heterocycles. The number of rotatable bonds is 2. The Morgan fingerprint density at radius 2 is 1.83 bits per heavy atom. The molecule has 0 aromatic heterocycles. The fraction of sp³-hybridized carbons (Fsp3) is 0.933. The van der Waals surface area contributed by atoms with Crippen LogP contribution in [-0.2, 0) is 9.22 Å². The second-order valence-corrected chi connectivity index (χ2v) is 12.9. The minimum atomic E-state index is -1.55. The first-order valence-corrected chi connectivity index (χ1v) is 10.6. The quantitative estimate of drug-likeness (QED) is 0.707. The predicted octanol–water partition coefficient (Wildman–Crippen LogP) is 4.01. The van der Waals surface area contributed by atoms with Crippen molar-refractivity contribution in [3.05, 3.63) is 0 Å². The highest BCUT2D eigenvalue weighted by molar-refractivity contribution is 6.69. The Morgan fingerprint density at radius 1 is 1.22 bits per heavy atom. The first-order valence-electron chi connectivity index (χ1n) is 7.23. The van der Waals surface area contributed by atoms with Crippen LogP contribution in [0.15, 0.2) is 0 Å². The highest BCUT2D eigenvalue weighted by Crippen LogP contribution is 2.56. The van der Waals surface area contributed by atoms with Gasteiger partial charge in [-0.1, -0.05) is 20.8 Å². The van der Waals surface area contributed by atoms with Gasteiger partial charge in [0, 0.05) is 12.3 Å². The molecule has 2 saturated carbocycles. The van der Waals surface area contributed by atoms with Crippen LogP contribution in [0.1, 0.15) is 46.5 Å². The average molecular weight is 268 g/mol. The maximum atomic E-state index is 12.5. The van der Waals surface area contributed by atoms with Crippen molar-refractivity contribution in [2.45, 2.75) is 72.2 Å². The number of hydrogen-bond donors (Lipinski definition) is 0. The molecule has 2 aliphatic rings. The number of fused-ring (bicyclic) bond motifs is 1. The lowest BCUT2D eigenvalue weighted by Crippen LogP contribution is -2.47. The molecule has 0 N–H and O–H groups in total. The highest BCUT2D eigenvalue weighted by atomic mass is 28.4. The number of Topliss-reactive ketones (excluding diaryl/α,β-unsaturated/α-hetero) is 1. The van der Waals surface area contributed by atoms with Gasteiger partial charge in [-0.05, 0) is 49.7 Å². The minimum Gasteiger partial charge on any atom is -0.414 e. The first kappa shape index (κ1) is 14.3. The monoisotopic (exact) mass is 268 g/mol. The molecule has 0 radical (unpaired) electrons. The molecule has 2 rings (SSSR count). The standard InChI is InChI=1S/C15H28O2Si/c1-14(2)9-11(16)13-12(17-18(4,5)6)7-8-15(13,3)10-14/h12-13H,7-10H2,1-6H3/t12-,13+,15+/m1/s1. The van der Waals surface area contributed by atoms with Crippen LogP contribution in [0.3, 0.4) is 0 Å². The molecule has 0 spiro atoms. The number of ketones is 1. The molecule has 2 aliphatic carbocycles. The van der Waals surface area contributed by atoms with Crippen LogP contribution in [0, 0.1) is 16.7 Å². The molecular formula is C15H28O2Si. The van der Waals surface area contributed by atoms with Gasteiger partial charge in [-0.15, -0.1) is 0 Å². The van der Waals surface area contributed by atoms with E-state index >= 15 is 0 Å². The zero-order valence-electron chi connectivity index (χ0n) is 12.8. The lowest BCUT2D eigenvalue weighted by molar-refractivity contribution is -0.137. The van der Waals surface area contributed by atoms with Crippen LogP contribution in [0.5, 0.6) is 0 Å². The van der Waals surface area contributed by atoms with Gasteiger partial charge in [-0.25, -0.2) is 0 Å². The van der Waals surface area contributed by atoms with Crippen LogP contribution in [0.2, 0.25) is 19.6 Å². The summed E-state index contributed by atoms with van der Waals surface area (Å²) in [5.41, 5.74) is 0.361. The molecule has 2 fully saturated rings. The Kier molecular flexibility index (Phi) is 3.30. The Bertz CT molecular complexity index is 356. The molecule has 3 heteroatoms. The van der Waals surface area contributed by atoms with Crippen LogP contribution in [0.25, 0.3) is 0 Å². The topological polar surface area (TPSA) is 26.3 Å². The molecule has 0 unspecified atom stereocenters. The largest absolute Gasteiger partial charge is 0.414 e. The number of carbonyl (C=O) groups is 1. The van der Waals surface area contributed by atoms with Gasteiger partial charge in [0.15, 0.2) is 8.32 Å². The summed E-state index contributed by atoms with van der Waals surface area (Å²) >= 11 is 0. The summed E-state index contributed by atoms with van der Waals surface area (Å²) in [4.78, 5) is 12.5. The van der Waals surface area contributed by atoms with E-state index in [0.717, 1.165) is 19.3 Å². The number of carbonyl (C=O) groups excluding carboxylic acids is 1. The van der Waals surface area contributed by atoms with Gasteiger partial charge in [-0.2, -0.15) is 0 Å². The first-order chi connectivity index (χ1) is 8.03. The van der Waals surface area contributed by atoms with E-state index in [1.165, 1.54) is 6.42 Å². The molecule has 0 aliphatic heterocycles. The molecule has 0 bridgehead atoms. The average Bonchev–Trinajstić information content (AvgIpc) is 2.36. The number of hydrogen-bond acceptors (Lipinski definition) is 2. The van der Waals surface area contributed by atoms with Crippen molar-refractivity contribution in [3.8, 4) is 0 Å². The predicted molar refractivity (Wildman–Crippen MR) is 77.1 cm³/mol. The molecule has 104 valence electrons. The Balaban J connectivity index is 2.21. The van der Waals surface area contributed by atoms with Crippen LogP contribution in [-0.4, -0.2) is 20.2 Å². The zero-order chi connectivity index (χ0) is 13.8. The molecule has 3 atom stereocenters. The van der Waals surface area contributed by atoms with Gasteiger partial charge >= 0.3 is 0 Å². The highest BCUT2D eigenvalue weighted by Gasteiger charge is 2.55. The van der Waals surface area contributed by atoms with Crippen molar-refractivity contribution in [3.63, 3.8) is 0 Å². The van der Waals surface area contributed by atoms with E-state index in [2.05, 4.69) is 40.4 Å². The Hall–Kier alpha value is -0.153. The fourth-order valence-corrected chi connectivity index (χ4v) is 5.52. The van der Waals surface area contributed by atoms with E-state index in [9.17, 15) is 4.79 Å². The summed E-state index contributed by atoms with van der Waals surface area (Å²) in [5, 5.41) is 0. The summed E-state index contributed by atoms with van der Waals surface area (Å²) in [5.74, 6) is 0.617. The van der Waals surface area contributed by atoms with Gasteiger partial charge in [0.05, 0.1) is 6.10 Å². The maximum absolute atomic E-state index is 12.5. The third-order valence-corrected chi connectivity index (χ3v) is 5.52. The van der Waals surface area contributed by atoms with Crippen LogP contribution >= 0.6 is 0 Å². The molecule has 0 amide bonds. The SMILES string of the molecule is CC1(C)CC(=O)[C@H]2[C@H](O[Si](C)(C)C)CC[C@@]2(C)C1. The van der Waals surface area contributed by atoms with Crippen LogP contribution in [0.4, 0.5) is 0 Å². The summed E-state index contributed by atoms with van der Waals surface area (Å²) in [7, 11) is -1.55. The lowest BCUT2D eigenvalue weighted by Gasteiger charge is -2.45. The lowest BCUT2D eigenvalue weighted by atomic mass is 9.59. The van der Waals surface area contributed by atoms with Crippen molar-refractivity contribution < 1.29 is 9.22 Å². The van der Waals surface area contributed by atoms with E-state index in [0.29, 0.717) is 5.78 Å². The normalized spacial score (nSPS) is 39.8. The van der Waals surface area contributed by atoms with Crippen molar-refractivity contribution >= 4 is 14.1 Å². The molecular weight excluding hydrogens is 240 g/mol. The third kappa shape index (κ3) is 2.72. The van der Waals surface area contributed by atoms with Crippen molar-refractivity contribution in [1.29, 1.82) is 0 Å². The molecule has 18 heavy (non-hydrogen) atoms. The minimum absolute atomic E-state index is 0.164. The second kappa shape index (κ2) is 4.17. The third-order valence-electron chi connectivity index (χ3n) is 4.51. The van der Waals surface area contributed by atoms with E-state index in [1.807, 2.05) is 0 Å². The second-order valence-electron chi connectivity index (χ2n) is 8.42. The Labute approximate surface area is 113 Å². The summed E-state index contributed by atoms with van der Waals surface area (Å²) in [6.45, 7) is 13.4. The smallest absolute Gasteiger partial charge is 0.184 e. The van der Waals surface area contributed by atoms with Gasteiger partial charge in [0.2, 0.25) is 0 Å². The van der Waals surface area contributed by atoms with Crippen molar-refractivity contribution in [1.82, 2.24) is 0 Å². The van der Waals surface area contributed by atoms with E-state index in [4.69, 9.17) is 4.43 Å². The van der Waals surface area contributed by atoms with Crippen molar-refractivity contribution in [2.75, 3.05) is 0 Å². The zero-order valence-corrected chi connectivity index (χ0v) is 13.8. The molecule has 0 aromatic rings. The summed E-state index contributed by atoms with van der Waals surface area (Å²) in [6, 6.07) is 0. The van der Waals surface area contributed by atoms with E-state index < -0.39 is 8.32 Å². The summed E-state index contributed by atoms with van der Waals surface area (Å²) < 4.78 is 6.29.